The lowest BCUT2D eigenvalue weighted by Gasteiger charge is -2.12. The molecule has 0 bridgehead atoms. The molecule has 0 unspecified atom stereocenters. The van der Waals surface area contributed by atoms with E-state index in [4.69, 9.17) is 0 Å². The molecule has 1 fully saturated rings. The van der Waals surface area contributed by atoms with E-state index in [1.807, 2.05) is 7.05 Å². The number of anilines is 1. The molecule has 1 aromatic rings. The lowest BCUT2D eigenvalue weighted by atomic mass is 10.1. The largest absolute Gasteiger partial charge is 0.372 e. The first-order valence-electron chi connectivity index (χ1n) is 4.64. The lowest BCUT2D eigenvalue weighted by molar-refractivity contribution is 0.626. The highest BCUT2D eigenvalue weighted by atomic mass is 15.0. The molecule has 1 atom stereocenters. The van der Waals surface area contributed by atoms with E-state index in [1.165, 1.54) is 6.42 Å². The monoisotopic (exact) mass is 178 g/mol. The van der Waals surface area contributed by atoms with Crippen molar-refractivity contribution in [3.05, 3.63) is 18.1 Å². The number of nitrogens with zero attached hydrogens (tertiary/aromatic N) is 2. The van der Waals surface area contributed by atoms with Crippen LogP contribution in [0.25, 0.3) is 0 Å². The predicted molar refractivity (Wildman–Crippen MR) is 51.6 cm³/mol. The summed E-state index contributed by atoms with van der Waals surface area (Å²) in [5.41, 5.74) is 1.04. The van der Waals surface area contributed by atoms with Crippen molar-refractivity contribution in [3.8, 4) is 0 Å². The third-order valence-corrected chi connectivity index (χ3v) is 2.35. The molecule has 0 aromatic carbocycles. The molecule has 1 aromatic heterocycles. The molecule has 0 radical (unpaired) electrons. The Hall–Kier alpha value is -1.16. The minimum absolute atomic E-state index is 0.385. The van der Waals surface area contributed by atoms with Gasteiger partial charge in [-0.2, -0.15) is 0 Å². The van der Waals surface area contributed by atoms with Gasteiger partial charge >= 0.3 is 0 Å². The van der Waals surface area contributed by atoms with Crippen molar-refractivity contribution >= 4 is 5.82 Å². The Balaban J connectivity index is 2.26. The smallest absolute Gasteiger partial charge is 0.149 e. The second-order valence-electron chi connectivity index (χ2n) is 3.19. The number of rotatable bonds is 2. The first-order valence-corrected chi connectivity index (χ1v) is 4.64. The van der Waals surface area contributed by atoms with Gasteiger partial charge in [-0.3, -0.25) is 4.98 Å². The van der Waals surface area contributed by atoms with E-state index in [1.54, 1.807) is 12.4 Å². The van der Waals surface area contributed by atoms with Gasteiger partial charge in [-0.25, -0.2) is 4.98 Å². The molecular weight excluding hydrogens is 164 g/mol. The van der Waals surface area contributed by atoms with Crippen molar-refractivity contribution in [2.75, 3.05) is 18.9 Å². The fraction of sp³-hybridized carbons (Fsp3) is 0.556. The van der Waals surface area contributed by atoms with Gasteiger partial charge in [0.1, 0.15) is 5.82 Å². The summed E-state index contributed by atoms with van der Waals surface area (Å²) in [5.74, 6) is 0.891. The summed E-state index contributed by atoms with van der Waals surface area (Å²) < 4.78 is 0. The molecule has 2 rings (SSSR count). The highest BCUT2D eigenvalue weighted by Gasteiger charge is 2.20. The maximum atomic E-state index is 4.34. The summed E-state index contributed by atoms with van der Waals surface area (Å²) in [6.07, 6.45) is 5.85. The summed E-state index contributed by atoms with van der Waals surface area (Å²) in [6, 6.07) is 0.385. The summed E-state index contributed by atoms with van der Waals surface area (Å²) in [6.45, 7) is 1.09. The van der Waals surface area contributed by atoms with E-state index in [2.05, 4.69) is 20.6 Å². The molecule has 2 N–H and O–H groups in total. The quantitative estimate of drug-likeness (QED) is 0.707. The van der Waals surface area contributed by atoms with E-state index in [9.17, 15) is 0 Å². The zero-order valence-corrected chi connectivity index (χ0v) is 7.75. The Labute approximate surface area is 77.8 Å². The summed E-state index contributed by atoms with van der Waals surface area (Å²) in [7, 11) is 1.88. The van der Waals surface area contributed by atoms with Gasteiger partial charge in [0.15, 0.2) is 0 Å². The fourth-order valence-electron chi connectivity index (χ4n) is 1.71. The average molecular weight is 178 g/mol. The van der Waals surface area contributed by atoms with Crippen LogP contribution in [-0.2, 0) is 0 Å². The molecule has 4 nitrogen and oxygen atoms in total. The van der Waals surface area contributed by atoms with Gasteiger partial charge in [0.05, 0.1) is 11.7 Å². The van der Waals surface area contributed by atoms with E-state index in [0.29, 0.717) is 6.04 Å². The molecule has 1 aliphatic rings. The number of hydrogen-bond acceptors (Lipinski definition) is 4. The standard InChI is InChI=1S/C9H14N4/c1-10-9-8(12-5-6-13-9)7-3-2-4-11-7/h5-7,11H,2-4H2,1H3,(H,10,13)/t7-/m0/s1. The third-order valence-electron chi connectivity index (χ3n) is 2.35. The van der Waals surface area contributed by atoms with Crippen LogP contribution >= 0.6 is 0 Å². The van der Waals surface area contributed by atoms with Crippen molar-refractivity contribution in [1.82, 2.24) is 15.3 Å². The fourth-order valence-corrected chi connectivity index (χ4v) is 1.71. The SMILES string of the molecule is CNc1nccnc1[C@@H]1CCCN1. The molecule has 0 spiro atoms. The Bertz CT molecular complexity index is 281. The van der Waals surface area contributed by atoms with Gasteiger partial charge in [-0.05, 0) is 19.4 Å². The van der Waals surface area contributed by atoms with Crippen LogP contribution in [0.15, 0.2) is 12.4 Å². The first kappa shape index (κ1) is 8.44. The third kappa shape index (κ3) is 1.62. The molecular formula is C9H14N4. The van der Waals surface area contributed by atoms with E-state index >= 15 is 0 Å². The van der Waals surface area contributed by atoms with Gasteiger partial charge in [0.25, 0.3) is 0 Å². The lowest BCUT2D eigenvalue weighted by Crippen LogP contribution is -2.16. The summed E-state index contributed by atoms with van der Waals surface area (Å²) >= 11 is 0. The van der Waals surface area contributed by atoms with Gasteiger partial charge < -0.3 is 10.6 Å². The van der Waals surface area contributed by atoms with Crippen LogP contribution in [0, 0.1) is 0 Å². The average Bonchev–Trinajstić information content (AvgIpc) is 2.70. The first-order chi connectivity index (χ1) is 6.42. The second-order valence-corrected chi connectivity index (χ2v) is 3.19. The molecule has 70 valence electrons. The summed E-state index contributed by atoms with van der Waals surface area (Å²) in [4.78, 5) is 8.57. The Morgan fingerprint density at radius 3 is 3.00 bits per heavy atom. The van der Waals surface area contributed by atoms with Gasteiger partial charge in [-0.15, -0.1) is 0 Å². The highest BCUT2D eigenvalue weighted by Crippen LogP contribution is 2.25. The zero-order chi connectivity index (χ0) is 9.10. The maximum absolute atomic E-state index is 4.34. The van der Waals surface area contributed by atoms with Crippen molar-refractivity contribution in [3.63, 3.8) is 0 Å². The van der Waals surface area contributed by atoms with Crippen LogP contribution in [0.4, 0.5) is 5.82 Å². The number of nitrogens with one attached hydrogen (secondary N) is 2. The van der Waals surface area contributed by atoms with Gasteiger partial charge in [-0.1, -0.05) is 0 Å². The number of aromatic nitrogens is 2. The normalized spacial score (nSPS) is 21.8. The van der Waals surface area contributed by atoms with E-state index in [0.717, 1.165) is 24.5 Å². The molecule has 0 amide bonds. The molecule has 4 heteroatoms. The Morgan fingerprint density at radius 1 is 1.46 bits per heavy atom. The van der Waals surface area contributed by atoms with Gasteiger partial charge in [0, 0.05) is 19.4 Å². The molecule has 2 heterocycles. The molecule has 0 aliphatic carbocycles. The minimum atomic E-state index is 0.385. The van der Waals surface area contributed by atoms with Crippen LogP contribution in [-0.4, -0.2) is 23.6 Å². The predicted octanol–water partition coefficient (Wildman–Crippen LogP) is 0.943. The van der Waals surface area contributed by atoms with Crippen LogP contribution in [0.3, 0.4) is 0 Å². The van der Waals surface area contributed by atoms with Crippen molar-refractivity contribution in [1.29, 1.82) is 0 Å². The Morgan fingerprint density at radius 2 is 2.31 bits per heavy atom. The van der Waals surface area contributed by atoms with E-state index in [-0.39, 0.29) is 0 Å². The van der Waals surface area contributed by atoms with Crippen LogP contribution in [0.2, 0.25) is 0 Å². The van der Waals surface area contributed by atoms with Crippen molar-refractivity contribution in [2.45, 2.75) is 18.9 Å². The molecule has 13 heavy (non-hydrogen) atoms. The topological polar surface area (TPSA) is 49.8 Å². The maximum Gasteiger partial charge on any atom is 0.149 e. The van der Waals surface area contributed by atoms with Crippen LogP contribution in [0.5, 0.6) is 0 Å². The zero-order valence-electron chi connectivity index (χ0n) is 7.75. The second kappa shape index (κ2) is 3.70. The number of hydrogen-bond donors (Lipinski definition) is 2. The summed E-state index contributed by atoms with van der Waals surface area (Å²) in [5, 5.41) is 6.46. The molecule has 0 saturated carbocycles. The van der Waals surface area contributed by atoms with Crippen molar-refractivity contribution < 1.29 is 0 Å². The van der Waals surface area contributed by atoms with Gasteiger partial charge in [0.2, 0.25) is 0 Å². The highest BCUT2D eigenvalue weighted by molar-refractivity contribution is 5.40. The van der Waals surface area contributed by atoms with Crippen molar-refractivity contribution in [2.24, 2.45) is 0 Å². The van der Waals surface area contributed by atoms with E-state index < -0.39 is 0 Å². The molecule has 1 saturated heterocycles. The Kier molecular flexibility index (Phi) is 2.40. The minimum Gasteiger partial charge on any atom is -0.372 e. The molecule has 1 aliphatic heterocycles. The van der Waals surface area contributed by atoms with Crippen LogP contribution in [0.1, 0.15) is 24.6 Å². The van der Waals surface area contributed by atoms with Crippen LogP contribution < -0.4 is 10.6 Å².